The smallest absolute Gasteiger partial charge is 0.245 e. The largest absolute Gasteiger partial charge is 0.333 e. The minimum absolute atomic E-state index is 0.0415. The third-order valence-corrected chi connectivity index (χ3v) is 6.60. The number of anilines is 1. The molecule has 0 atom stereocenters. The Bertz CT molecular complexity index is 1160. The van der Waals surface area contributed by atoms with E-state index in [-0.39, 0.29) is 30.2 Å². The van der Waals surface area contributed by atoms with E-state index in [1.165, 1.54) is 0 Å². The first-order chi connectivity index (χ1) is 16.8. The fourth-order valence-corrected chi connectivity index (χ4v) is 4.92. The van der Waals surface area contributed by atoms with Crippen LogP contribution < -0.4 is 5.32 Å². The summed E-state index contributed by atoms with van der Waals surface area (Å²) in [6.45, 7) is 8.77. The van der Waals surface area contributed by atoms with Gasteiger partial charge in [-0.25, -0.2) is 4.68 Å². The predicted molar refractivity (Wildman–Crippen MR) is 140 cm³/mol. The lowest BCUT2D eigenvalue weighted by Gasteiger charge is -2.27. The Morgan fingerprint density at radius 1 is 1.03 bits per heavy atom. The van der Waals surface area contributed by atoms with Crippen molar-refractivity contribution in [2.45, 2.75) is 53.4 Å². The first kappa shape index (κ1) is 24.7. The number of aryl methyl sites for hydroxylation is 2. The zero-order chi connectivity index (χ0) is 24.9. The number of nitrogens with one attached hydrogen (secondary N) is 1. The summed E-state index contributed by atoms with van der Waals surface area (Å²) < 4.78 is 1.79. The first-order valence-corrected chi connectivity index (χ1v) is 12.6. The highest BCUT2D eigenvalue weighted by Gasteiger charge is 2.29. The molecule has 0 aliphatic heterocycles. The number of carbonyl (C=O) groups excluding carboxylic acids is 2. The predicted octanol–water partition coefficient (Wildman–Crippen LogP) is 5.77. The van der Waals surface area contributed by atoms with Gasteiger partial charge in [-0.3, -0.25) is 9.59 Å². The van der Waals surface area contributed by atoms with E-state index in [9.17, 15) is 9.59 Å². The Morgan fingerprint density at radius 2 is 1.69 bits per heavy atom. The van der Waals surface area contributed by atoms with Crippen molar-refractivity contribution in [3.63, 3.8) is 0 Å². The summed E-state index contributed by atoms with van der Waals surface area (Å²) in [6, 6.07) is 18.0. The molecule has 1 aromatic heterocycles. The molecular weight excluding hydrogens is 436 g/mol. The second kappa shape index (κ2) is 10.9. The average molecular weight is 473 g/mol. The highest BCUT2D eigenvalue weighted by Crippen LogP contribution is 2.33. The lowest BCUT2D eigenvalue weighted by Crippen LogP contribution is -2.43. The van der Waals surface area contributed by atoms with Crippen LogP contribution in [0.5, 0.6) is 0 Å². The highest BCUT2D eigenvalue weighted by atomic mass is 16.2. The third-order valence-electron chi connectivity index (χ3n) is 6.60. The number of hydrogen-bond acceptors (Lipinski definition) is 3. The highest BCUT2D eigenvalue weighted by molar-refractivity contribution is 5.98. The maximum Gasteiger partial charge on any atom is 0.245 e. The van der Waals surface area contributed by atoms with E-state index < -0.39 is 0 Å². The quantitative estimate of drug-likeness (QED) is 0.453. The summed E-state index contributed by atoms with van der Waals surface area (Å²) in [4.78, 5) is 28.4. The number of rotatable bonds is 8. The van der Waals surface area contributed by atoms with Crippen LogP contribution in [-0.2, 0) is 9.59 Å². The van der Waals surface area contributed by atoms with Crippen LogP contribution in [0.1, 0.15) is 50.8 Å². The number of hydrogen-bond donors (Lipinski definition) is 1. The average Bonchev–Trinajstić information content (AvgIpc) is 3.47. The van der Waals surface area contributed by atoms with Crippen LogP contribution in [-0.4, -0.2) is 39.6 Å². The molecule has 184 valence electrons. The third kappa shape index (κ3) is 5.81. The molecule has 0 spiro atoms. The Hall–Kier alpha value is -3.41. The lowest BCUT2D eigenvalue weighted by atomic mass is 10.1. The normalized spacial score (nSPS) is 13.9. The van der Waals surface area contributed by atoms with Crippen LogP contribution >= 0.6 is 0 Å². The Balaban J connectivity index is 1.66. The van der Waals surface area contributed by atoms with Gasteiger partial charge in [-0.05, 0) is 50.3 Å². The maximum absolute atomic E-state index is 13.4. The maximum atomic E-state index is 13.4. The topological polar surface area (TPSA) is 67.2 Å². The molecule has 0 bridgehead atoms. The Morgan fingerprint density at radius 3 is 2.31 bits per heavy atom. The van der Waals surface area contributed by atoms with E-state index in [2.05, 4.69) is 19.2 Å². The molecule has 1 fully saturated rings. The summed E-state index contributed by atoms with van der Waals surface area (Å²) >= 11 is 0. The van der Waals surface area contributed by atoms with Gasteiger partial charge >= 0.3 is 0 Å². The van der Waals surface area contributed by atoms with Gasteiger partial charge in [0.05, 0.1) is 17.9 Å². The Labute approximate surface area is 208 Å². The molecule has 6 nitrogen and oxygen atoms in total. The van der Waals surface area contributed by atoms with Crippen molar-refractivity contribution in [3.8, 4) is 16.8 Å². The van der Waals surface area contributed by atoms with Crippen molar-refractivity contribution in [1.29, 1.82) is 0 Å². The van der Waals surface area contributed by atoms with Gasteiger partial charge in [0.15, 0.2) is 0 Å². The Kier molecular flexibility index (Phi) is 7.69. The minimum atomic E-state index is -0.206. The van der Waals surface area contributed by atoms with Crippen LogP contribution in [0.2, 0.25) is 0 Å². The molecule has 0 saturated heterocycles. The molecule has 4 rings (SSSR count). The summed E-state index contributed by atoms with van der Waals surface area (Å²) in [6.07, 6.45) is 4.03. The van der Waals surface area contributed by atoms with Crippen LogP contribution in [0.3, 0.4) is 0 Å². The van der Waals surface area contributed by atoms with Crippen molar-refractivity contribution in [2.24, 2.45) is 11.8 Å². The van der Waals surface area contributed by atoms with Crippen molar-refractivity contribution in [2.75, 3.05) is 18.4 Å². The van der Waals surface area contributed by atoms with Crippen LogP contribution in [0.25, 0.3) is 16.8 Å². The summed E-state index contributed by atoms with van der Waals surface area (Å²) in [5.74, 6) is 0.857. The van der Waals surface area contributed by atoms with E-state index in [4.69, 9.17) is 5.10 Å². The lowest BCUT2D eigenvalue weighted by molar-refractivity contribution is -0.138. The van der Waals surface area contributed by atoms with Crippen LogP contribution in [0.4, 0.5) is 5.82 Å². The SMILES string of the molecule is Cc1ccc(-n2nc(C)c(-c3ccccc3)c2NC(=O)CN(CC(C)C)C(=O)C2CCCC2)cc1. The molecule has 3 aromatic rings. The van der Waals surface area contributed by atoms with Gasteiger partial charge in [-0.15, -0.1) is 0 Å². The fourth-order valence-electron chi connectivity index (χ4n) is 4.92. The van der Waals surface area contributed by atoms with Gasteiger partial charge in [0.2, 0.25) is 11.8 Å². The number of nitrogens with zero attached hydrogens (tertiary/aromatic N) is 3. The second-order valence-electron chi connectivity index (χ2n) is 10.1. The zero-order valence-corrected chi connectivity index (χ0v) is 21.3. The van der Waals surface area contributed by atoms with E-state index in [1.807, 2.05) is 68.4 Å². The molecule has 2 amide bonds. The van der Waals surface area contributed by atoms with Gasteiger partial charge in [0.25, 0.3) is 0 Å². The van der Waals surface area contributed by atoms with Gasteiger partial charge in [0, 0.05) is 18.0 Å². The molecule has 0 unspecified atom stereocenters. The zero-order valence-electron chi connectivity index (χ0n) is 21.3. The van der Waals surface area contributed by atoms with E-state index in [1.54, 1.807) is 9.58 Å². The van der Waals surface area contributed by atoms with E-state index >= 15 is 0 Å². The van der Waals surface area contributed by atoms with Crippen LogP contribution in [0.15, 0.2) is 54.6 Å². The minimum Gasteiger partial charge on any atom is -0.333 e. The first-order valence-electron chi connectivity index (χ1n) is 12.6. The van der Waals surface area contributed by atoms with Gasteiger partial charge in [-0.2, -0.15) is 5.10 Å². The molecule has 35 heavy (non-hydrogen) atoms. The second-order valence-corrected chi connectivity index (χ2v) is 10.1. The number of carbonyl (C=O) groups is 2. The molecule has 6 heteroatoms. The molecule has 2 aromatic carbocycles. The number of amides is 2. The van der Waals surface area contributed by atoms with Crippen molar-refractivity contribution in [1.82, 2.24) is 14.7 Å². The van der Waals surface area contributed by atoms with Crippen molar-refractivity contribution < 1.29 is 9.59 Å². The number of aromatic nitrogens is 2. The molecule has 1 N–H and O–H groups in total. The van der Waals surface area contributed by atoms with E-state index in [0.29, 0.717) is 12.4 Å². The van der Waals surface area contributed by atoms with Gasteiger partial charge < -0.3 is 10.2 Å². The van der Waals surface area contributed by atoms with Crippen LogP contribution in [0, 0.1) is 25.7 Å². The van der Waals surface area contributed by atoms with Crippen molar-refractivity contribution in [3.05, 3.63) is 65.9 Å². The molecule has 1 heterocycles. The fraction of sp³-hybridized carbons (Fsp3) is 0.414. The van der Waals surface area contributed by atoms with Gasteiger partial charge in [0.1, 0.15) is 5.82 Å². The summed E-state index contributed by atoms with van der Waals surface area (Å²) in [5, 5.41) is 7.92. The summed E-state index contributed by atoms with van der Waals surface area (Å²) in [7, 11) is 0. The van der Waals surface area contributed by atoms with Crippen molar-refractivity contribution >= 4 is 17.6 Å². The molecule has 1 saturated carbocycles. The molecular formula is C29H36N4O2. The molecule has 0 radical (unpaired) electrons. The van der Waals surface area contributed by atoms with E-state index in [0.717, 1.165) is 53.8 Å². The monoisotopic (exact) mass is 472 g/mol. The van der Waals surface area contributed by atoms with Gasteiger partial charge in [-0.1, -0.05) is 74.7 Å². The summed E-state index contributed by atoms with van der Waals surface area (Å²) in [5.41, 5.74) is 4.73. The molecule has 1 aliphatic carbocycles. The standard InChI is InChI=1S/C29H36N4O2/c1-20(2)18-32(29(35)24-12-8-9-13-24)19-26(34)30-28-27(23-10-6-5-7-11-23)22(4)31-33(28)25-16-14-21(3)15-17-25/h5-7,10-11,14-17,20,24H,8-9,12-13,18-19H2,1-4H3,(H,30,34). The number of benzene rings is 2. The molecule has 1 aliphatic rings.